The fraction of sp³-hybridized carbons (Fsp3) is 0.417. The second-order valence-electron chi connectivity index (χ2n) is 12.7. The first-order valence-corrected chi connectivity index (χ1v) is 15.7. The van der Waals surface area contributed by atoms with Crippen LogP contribution >= 0.6 is 0 Å². The Bertz CT molecular complexity index is 1440. The zero-order valence-electron chi connectivity index (χ0n) is 26.6. The Kier molecular flexibility index (Phi) is 9.28. The van der Waals surface area contributed by atoms with Crippen molar-refractivity contribution in [3.63, 3.8) is 0 Å². The standard InChI is InChI=1S/C36H45N5O3/c1-26(2)30-17-12-18-31(27(3)4)33(30)37-35(44)39-21-19-36(20-22-39)34(43)40(25-41(36)29-15-10-7-11-16-29)24-32(42)38(5)23-28-13-8-6-9-14-28/h6-18,26-27H,19-25H2,1-5H3,(H,37,44). The molecular weight excluding hydrogens is 550 g/mol. The second-order valence-corrected chi connectivity index (χ2v) is 12.7. The molecule has 3 aromatic carbocycles. The van der Waals surface area contributed by atoms with Gasteiger partial charge >= 0.3 is 6.03 Å². The van der Waals surface area contributed by atoms with Crippen LogP contribution < -0.4 is 10.2 Å². The number of hydrogen-bond acceptors (Lipinski definition) is 4. The van der Waals surface area contributed by atoms with Crippen LogP contribution in [0.15, 0.2) is 78.9 Å². The molecule has 8 heteroatoms. The van der Waals surface area contributed by atoms with Crippen molar-refractivity contribution in [2.24, 2.45) is 0 Å². The van der Waals surface area contributed by atoms with E-state index in [9.17, 15) is 14.4 Å². The number of anilines is 2. The van der Waals surface area contributed by atoms with Crippen LogP contribution in [0.25, 0.3) is 0 Å². The zero-order valence-corrected chi connectivity index (χ0v) is 26.6. The topological polar surface area (TPSA) is 76.2 Å². The van der Waals surface area contributed by atoms with Crippen LogP contribution in [0.4, 0.5) is 16.2 Å². The maximum Gasteiger partial charge on any atom is 0.321 e. The minimum absolute atomic E-state index is 0.0153. The van der Waals surface area contributed by atoms with Gasteiger partial charge < -0.3 is 24.9 Å². The number of rotatable bonds is 8. The van der Waals surface area contributed by atoms with Crippen molar-refractivity contribution in [2.75, 3.05) is 43.6 Å². The number of nitrogens with one attached hydrogen (secondary N) is 1. The Morgan fingerprint density at radius 2 is 1.41 bits per heavy atom. The highest BCUT2D eigenvalue weighted by molar-refractivity contribution is 5.97. The summed E-state index contributed by atoms with van der Waals surface area (Å²) in [5, 5.41) is 3.24. The minimum Gasteiger partial charge on any atom is -0.340 e. The third-order valence-corrected chi connectivity index (χ3v) is 9.08. The van der Waals surface area contributed by atoms with Gasteiger partial charge in [0.1, 0.15) is 12.1 Å². The summed E-state index contributed by atoms with van der Waals surface area (Å²) in [5.74, 6) is 0.387. The highest BCUT2D eigenvalue weighted by Crippen LogP contribution is 2.40. The van der Waals surface area contributed by atoms with Crippen molar-refractivity contribution in [3.8, 4) is 0 Å². The van der Waals surface area contributed by atoms with E-state index in [0.29, 0.717) is 39.1 Å². The van der Waals surface area contributed by atoms with E-state index in [2.05, 4.69) is 56.1 Å². The number of likely N-dealkylation sites (N-methyl/N-ethyl adjacent to an activating group) is 1. The largest absolute Gasteiger partial charge is 0.340 e. The van der Waals surface area contributed by atoms with Gasteiger partial charge in [0.25, 0.3) is 5.91 Å². The molecule has 2 fully saturated rings. The molecular formula is C36H45N5O3. The van der Waals surface area contributed by atoms with Gasteiger partial charge in [-0.1, -0.05) is 94.4 Å². The highest BCUT2D eigenvalue weighted by atomic mass is 16.2. The van der Waals surface area contributed by atoms with Crippen LogP contribution in [0.2, 0.25) is 0 Å². The van der Waals surface area contributed by atoms with Gasteiger partial charge in [-0.25, -0.2) is 4.79 Å². The van der Waals surface area contributed by atoms with Crippen molar-refractivity contribution >= 4 is 29.2 Å². The quantitative estimate of drug-likeness (QED) is 0.333. The Morgan fingerprint density at radius 3 is 1.98 bits per heavy atom. The van der Waals surface area contributed by atoms with Gasteiger partial charge in [-0.2, -0.15) is 0 Å². The van der Waals surface area contributed by atoms with Gasteiger partial charge in [-0.15, -0.1) is 0 Å². The van der Waals surface area contributed by atoms with Crippen molar-refractivity contribution in [2.45, 2.75) is 64.5 Å². The lowest BCUT2D eigenvalue weighted by Crippen LogP contribution is -2.58. The lowest BCUT2D eigenvalue weighted by atomic mass is 9.85. The Labute approximate surface area is 261 Å². The molecule has 2 heterocycles. The van der Waals surface area contributed by atoms with Crippen molar-refractivity contribution in [1.29, 1.82) is 0 Å². The summed E-state index contributed by atoms with van der Waals surface area (Å²) in [7, 11) is 1.78. The van der Waals surface area contributed by atoms with Crippen LogP contribution in [0.5, 0.6) is 0 Å². The molecule has 0 aliphatic carbocycles. The molecule has 2 saturated heterocycles. The highest BCUT2D eigenvalue weighted by Gasteiger charge is 2.54. The van der Waals surface area contributed by atoms with E-state index in [-0.39, 0.29) is 36.2 Å². The van der Waals surface area contributed by atoms with Crippen LogP contribution in [0.1, 0.15) is 69.1 Å². The maximum atomic E-state index is 14.2. The summed E-state index contributed by atoms with van der Waals surface area (Å²) in [6.45, 7) is 10.3. The summed E-state index contributed by atoms with van der Waals surface area (Å²) >= 11 is 0. The van der Waals surface area contributed by atoms with Crippen molar-refractivity contribution < 1.29 is 14.4 Å². The third kappa shape index (κ3) is 6.30. The van der Waals surface area contributed by atoms with E-state index in [1.165, 1.54) is 0 Å². The van der Waals surface area contributed by atoms with E-state index >= 15 is 0 Å². The molecule has 1 spiro atoms. The van der Waals surface area contributed by atoms with Crippen molar-refractivity contribution in [3.05, 3.63) is 95.6 Å². The fourth-order valence-electron chi connectivity index (χ4n) is 6.51. The average Bonchev–Trinajstić information content (AvgIpc) is 3.28. The predicted octanol–water partition coefficient (Wildman–Crippen LogP) is 6.26. The molecule has 0 aromatic heterocycles. The average molecular weight is 596 g/mol. The molecule has 5 rings (SSSR count). The molecule has 0 saturated carbocycles. The number of urea groups is 1. The maximum absolute atomic E-state index is 14.2. The summed E-state index contributed by atoms with van der Waals surface area (Å²) < 4.78 is 0. The fourth-order valence-corrected chi connectivity index (χ4v) is 6.51. The van der Waals surface area contributed by atoms with Crippen LogP contribution in [0.3, 0.4) is 0 Å². The van der Waals surface area contributed by atoms with Crippen molar-refractivity contribution in [1.82, 2.24) is 14.7 Å². The SMILES string of the molecule is CC(C)c1cccc(C(C)C)c1NC(=O)N1CCC2(CC1)C(=O)N(CC(=O)N(C)Cc1ccccc1)CN2c1ccccc1. The lowest BCUT2D eigenvalue weighted by Gasteiger charge is -2.43. The van der Waals surface area contributed by atoms with Gasteiger partial charge in [0.05, 0.1) is 6.67 Å². The lowest BCUT2D eigenvalue weighted by molar-refractivity contribution is -0.140. The molecule has 0 atom stereocenters. The third-order valence-electron chi connectivity index (χ3n) is 9.08. The number of likely N-dealkylation sites (tertiary alicyclic amines) is 1. The molecule has 8 nitrogen and oxygen atoms in total. The number of para-hydroxylation sites is 2. The first-order chi connectivity index (χ1) is 21.1. The number of carbonyl (C=O) groups is 3. The first kappa shape index (κ1) is 31.1. The molecule has 0 unspecified atom stereocenters. The van der Waals surface area contributed by atoms with Crippen LogP contribution in [0, 0.1) is 0 Å². The number of benzene rings is 3. The van der Waals surface area contributed by atoms with Gasteiger partial charge in [0.15, 0.2) is 0 Å². The van der Waals surface area contributed by atoms with Crippen LogP contribution in [-0.4, -0.2) is 71.4 Å². The number of nitrogens with zero attached hydrogens (tertiary/aromatic N) is 4. The molecule has 44 heavy (non-hydrogen) atoms. The van der Waals surface area contributed by atoms with E-state index < -0.39 is 5.54 Å². The normalized spacial score (nSPS) is 16.2. The summed E-state index contributed by atoms with van der Waals surface area (Å²) in [5.41, 5.74) is 4.32. The van der Waals surface area contributed by atoms with Gasteiger partial charge in [0.2, 0.25) is 5.91 Å². The minimum atomic E-state index is -0.810. The summed E-state index contributed by atoms with van der Waals surface area (Å²) in [6.07, 6.45) is 0.975. The molecule has 3 aromatic rings. The molecule has 2 aliphatic heterocycles. The first-order valence-electron chi connectivity index (χ1n) is 15.7. The smallest absolute Gasteiger partial charge is 0.321 e. The van der Waals surface area contributed by atoms with Gasteiger partial charge in [-0.05, 0) is 53.5 Å². The molecule has 0 radical (unpaired) electrons. The number of hydrogen-bond donors (Lipinski definition) is 1. The van der Waals surface area contributed by atoms with E-state index in [0.717, 1.165) is 28.1 Å². The Morgan fingerprint density at radius 1 is 0.841 bits per heavy atom. The number of amides is 4. The molecule has 0 bridgehead atoms. The summed E-state index contributed by atoms with van der Waals surface area (Å²) in [6, 6.07) is 25.9. The summed E-state index contributed by atoms with van der Waals surface area (Å²) in [4.78, 5) is 48.4. The van der Waals surface area contributed by atoms with Crippen LogP contribution in [-0.2, 0) is 16.1 Å². The zero-order chi connectivity index (χ0) is 31.4. The second kappa shape index (κ2) is 13.1. The van der Waals surface area contributed by atoms with E-state index in [1.54, 1.807) is 16.8 Å². The molecule has 4 amide bonds. The monoisotopic (exact) mass is 595 g/mol. The Hall–Kier alpha value is -4.33. The molecule has 2 aliphatic rings. The number of piperidine rings is 1. The Balaban J connectivity index is 1.32. The van der Waals surface area contributed by atoms with E-state index in [4.69, 9.17) is 0 Å². The number of carbonyl (C=O) groups excluding carboxylic acids is 3. The van der Waals surface area contributed by atoms with E-state index in [1.807, 2.05) is 65.6 Å². The van der Waals surface area contributed by atoms with Gasteiger partial charge in [-0.3, -0.25) is 9.59 Å². The molecule has 232 valence electrons. The molecule has 1 N–H and O–H groups in total. The predicted molar refractivity (Wildman–Crippen MR) is 176 cm³/mol. The van der Waals surface area contributed by atoms with Gasteiger partial charge in [0, 0.05) is 38.1 Å².